The van der Waals surface area contributed by atoms with Gasteiger partial charge in [-0.25, -0.2) is 8.78 Å². The summed E-state index contributed by atoms with van der Waals surface area (Å²) in [5, 5.41) is 12.5. The SMILES string of the molecule is CC(C#N)(CCCOc1c(F)cccc1F)NC1CC1. The second kappa shape index (κ2) is 6.19. The van der Waals surface area contributed by atoms with Crippen molar-refractivity contribution in [3.63, 3.8) is 0 Å². The van der Waals surface area contributed by atoms with Crippen LogP contribution in [0, 0.1) is 23.0 Å². The summed E-state index contributed by atoms with van der Waals surface area (Å²) in [6.45, 7) is 2.02. The van der Waals surface area contributed by atoms with Crippen molar-refractivity contribution in [1.82, 2.24) is 5.32 Å². The maximum absolute atomic E-state index is 13.3. The largest absolute Gasteiger partial charge is 0.488 e. The van der Waals surface area contributed by atoms with Crippen LogP contribution in [0.5, 0.6) is 5.75 Å². The Labute approximate surface area is 117 Å². The van der Waals surface area contributed by atoms with Crippen LogP contribution in [-0.2, 0) is 0 Å². The highest BCUT2D eigenvalue weighted by atomic mass is 19.1. The highest BCUT2D eigenvalue weighted by Crippen LogP contribution is 2.25. The summed E-state index contributed by atoms with van der Waals surface area (Å²) in [5.41, 5.74) is -0.599. The van der Waals surface area contributed by atoms with Gasteiger partial charge in [-0.3, -0.25) is 5.32 Å². The van der Waals surface area contributed by atoms with E-state index in [1.54, 1.807) is 0 Å². The van der Waals surface area contributed by atoms with Gasteiger partial charge >= 0.3 is 0 Å². The summed E-state index contributed by atoms with van der Waals surface area (Å²) in [5.74, 6) is -1.75. The second-order valence-corrected chi connectivity index (χ2v) is 5.37. The molecular weight excluding hydrogens is 262 g/mol. The molecule has 0 bridgehead atoms. The molecule has 1 aromatic carbocycles. The molecule has 5 heteroatoms. The molecule has 0 heterocycles. The van der Waals surface area contributed by atoms with Crippen molar-refractivity contribution < 1.29 is 13.5 Å². The van der Waals surface area contributed by atoms with Gasteiger partial charge in [0.1, 0.15) is 5.54 Å². The molecule has 1 atom stereocenters. The van der Waals surface area contributed by atoms with Gasteiger partial charge in [0.05, 0.1) is 12.7 Å². The Hall–Kier alpha value is -1.67. The van der Waals surface area contributed by atoms with E-state index in [1.807, 2.05) is 6.92 Å². The highest BCUT2D eigenvalue weighted by molar-refractivity contribution is 5.25. The average Bonchev–Trinajstić information content (AvgIpc) is 3.21. The molecule has 2 rings (SSSR count). The Kier molecular flexibility index (Phi) is 4.56. The Morgan fingerprint density at radius 2 is 2.05 bits per heavy atom. The molecule has 0 spiro atoms. The quantitative estimate of drug-likeness (QED) is 0.780. The fourth-order valence-corrected chi connectivity index (χ4v) is 2.06. The summed E-state index contributed by atoms with van der Waals surface area (Å²) in [7, 11) is 0. The Morgan fingerprint density at radius 1 is 1.40 bits per heavy atom. The summed E-state index contributed by atoms with van der Waals surface area (Å²) in [6.07, 6.45) is 3.34. The van der Waals surface area contributed by atoms with Crippen molar-refractivity contribution in [2.75, 3.05) is 6.61 Å². The molecule has 0 radical (unpaired) electrons. The molecule has 1 aromatic rings. The van der Waals surface area contributed by atoms with E-state index in [4.69, 9.17) is 4.74 Å². The van der Waals surface area contributed by atoms with Crippen molar-refractivity contribution >= 4 is 0 Å². The van der Waals surface area contributed by atoms with Crippen molar-refractivity contribution in [1.29, 1.82) is 5.26 Å². The Bertz CT molecular complexity index is 491. The van der Waals surface area contributed by atoms with Crippen molar-refractivity contribution in [3.8, 4) is 11.8 Å². The van der Waals surface area contributed by atoms with Gasteiger partial charge in [-0.05, 0) is 44.7 Å². The maximum Gasteiger partial charge on any atom is 0.190 e. The molecule has 0 saturated heterocycles. The van der Waals surface area contributed by atoms with Crippen LogP contribution in [0.2, 0.25) is 0 Å². The Morgan fingerprint density at radius 3 is 2.60 bits per heavy atom. The van der Waals surface area contributed by atoms with Crippen LogP contribution >= 0.6 is 0 Å². The van der Waals surface area contributed by atoms with E-state index in [0.29, 0.717) is 18.9 Å². The Balaban J connectivity index is 1.79. The van der Waals surface area contributed by atoms with Crippen LogP contribution < -0.4 is 10.1 Å². The predicted octanol–water partition coefficient (Wildman–Crippen LogP) is 3.16. The molecule has 20 heavy (non-hydrogen) atoms. The molecule has 1 aliphatic rings. The van der Waals surface area contributed by atoms with Gasteiger partial charge in [-0.15, -0.1) is 0 Å². The van der Waals surface area contributed by atoms with Gasteiger partial charge in [-0.1, -0.05) is 6.07 Å². The molecule has 1 saturated carbocycles. The third kappa shape index (κ3) is 3.91. The highest BCUT2D eigenvalue weighted by Gasteiger charge is 2.32. The second-order valence-electron chi connectivity index (χ2n) is 5.37. The predicted molar refractivity (Wildman–Crippen MR) is 71.3 cm³/mol. The molecule has 0 aliphatic heterocycles. The van der Waals surface area contributed by atoms with E-state index < -0.39 is 17.2 Å². The first-order valence-corrected chi connectivity index (χ1v) is 6.80. The van der Waals surface area contributed by atoms with Gasteiger partial charge in [-0.2, -0.15) is 5.26 Å². The van der Waals surface area contributed by atoms with E-state index in [1.165, 1.54) is 6.07 Å². The normalized spacial score (nSPS) is 17.3. The number of halogens is 2. The molecule has 3 nitrogen and oxygen atoms in total. The first-order chi connectivity index (χ1) is 9.54. The first kappa shape index (κ1) is 14.7. The lowest BCUT2D eigenvalue weighted by atomic mass is 9.98. The monoisotopic (exact) mass is 280 g/mol. The lowest BCUT2D eigenvalue weighted by molar-refractivity contribution is 0.261. The number of ether oxygens (including phenoxy) is 1. The van der Waals surface area contributed by atoms with Gasteiger partial charge in [0, 0.05) is 6.04 Å². The summed E-state index contributed by atoms with van der Waals surface area (Å²) in [4.78, 5) is 0. The van der Waals surface area contributed by atoms with Crippen LogP contribution in [0.4, 0.5) is 8.78 Å². The number of hydrogen-bond acceptors (Lipinski definition) is 3. The number of nitrogens with zero attached hydrogens (tertiary/aromatic N) is 1. The zero-order valence-corrected chi connectivity index (χ0v) is 11.5. The lowest BCUT2D eigenvalue weighted by Gasteiger charge is -2.23. The fourth-order valence-electron chi connectivity index (χ4n) is 2.06. The lowest BCUT2D eigenvalue weighted by Crippen LogP contribution is -2.42. The van der Waals surface area contributed by atoms with Crippen LogP contribution in [0.3, 0.4) is 0 Å². The van der Waals surface area contributed by atoms with E-state index in [0.717, 1.165) is 25.0 Å². The van der Waals surface area contributed by atoms with Crippen molar-refractivity contribution in [2.24, 2.45) is 0 Å². The van der Waals surface area contributed by atoms with Crippen molar-refractivity contribution in [2.45, 2.75) is 44.2 Å². The summed E-state index contributed by atoms with van der Waals surface area (Å²) >= 11 is 0. The van der Waals surface area contributed by atoms with E-state index in [-0.39, 0.29) is 12.4 Å². The molecule has 0 aromatic heterocycles. The standard InChI is InChI=1S/C15H18F2N2O/c1-15(10-18,19-11-6-7-11)8-3-9-20-14-12(16)4-2-5-13(14)17/h2,4-5,11,19H,3,6-9H2,1H3. The minimum absolute atomic E-state index is 0.182. The van der Waals surface area contributed by atoms with E-state index in [9.17, 15) is 14.0 Å². The molecule has 1 fully saturated rings. The first-order valence-electron chi connectivity index (χ1n) is 6.80. The zero-order valence-electron chi connectivity index (χ0n) is 11.5. The van der Waals surface area contributed by atoms with Crippen LogP contribution in [0.15, 0.2) is 18.2 Å². The van der Waals surface area contributed by atoms with E-state index >= 15 is 0 Å². The number of para-hydroxylation sites is 1. The zero-order chi connectivity index (χ0) is 14.6. The van der Waals surface area contributed by atoms with Gasteiger partial charge in [0.15, 0.2) is 17.4 Å². The number of nitrogens with one attached hydrogen (secondary N) is 1. The smallest absolute Gasteiger partial charge is 0.190 e. The van der Waals surface area contributed by atoms with E-state index in [2.05, 4.69) is 11.4 Å². The van der Waals surface area contributed by atoms with Gasteiger partial charge in [0.25, 0.3) is 0 Å². The third-order valence-electron chi connectivity index (χ3n) is 3.33. The topological polar surface area (TPSA) is 45.0 Å². The fraction of sp³-hybridized carbons (Fsp3) is 0.533. The molecule has 0 amide bonds. The minimum atomic E-state index is -0.704. The molecule has 1 N–H and O–H groups in total. The molecule has 1 aliphatic carbocycles. The van der Waals surface area contributed by atoms with Crippen molar-refractivity contribution in [3.05, 3.63) is 29.8 Å². The summed E-state index contributed by atoms with van der Waals surface area (Å²) < 4.78 is 31.8. The summed E-state index contributed by atoms with van der Waals surface area (Å²) in [6, 6.07) is 6.31. The number of nitriles is 1. The molecule has 1 unspecified atom stereocenters. The number of benzene rings is 1. The van der Waals surface area contributed by atoms with Crippen LogP contribution in [-0.4, -0.2) is 18.2 Å². The van der Waals surface area contributed by atoms with Crippen LogP contribution in [0.25, 0.3) is 0 Å². The third-order valence-corrected chi connectivity index (χ3v) is 3.33. The molecule has 108 valence electrons. The maximum atomic E-state index is 13.3. The van der Waals surface area contributed by atoms with Gasteiger partial charge < -0.3 is 4.74 Å². The number of hydrogen-bond donors (Lipinski definition) is 1. The van der Waals surface area contributed by atoms with Crippen LogP contribution in [0.1, 0.15) is 32.6 Å². The van der Waals surface area contributed by atoms with Gasteiger partial charge in [0.2, 0.25) is 0 Å². The average molecular weight is 280 g/mol. The molecular formula is C15H18F2N2O. The number of rotatable bonds is 7. The minimum Gasteiger partial charge on any atom is -0.488 e.